The van der Waals surface area contributed by atoms with E-state index in [1.54, 1.807) is 0 Å². The van der Waals surface area contributed by atoms with Gasteiger partial charge >= 0.3 is 0 Å². The molecule has 1 aliphatic heterocycles. The molecule has 5 heteroatoms. The van der Waals surface area contributed by atoms with Gasteiger partial charge in [-0.2, -0.15) is 4.98 Å². The van der Waals surface area contributed by atoms with E-state index in [-0.39, 0.29) is 0 Å². The Hall–Kier alpha value is -0.940. The SMILES string of the molecule is CC(C)CN1CCC(NCCc2ncno2)CC1. The molecule has 0 aromatic carbocycles. The minimum Gasteiger partial charge on any atom is -0.340 e. The van der Waals surface area contributed by atoms with Crippen LogP contribution in [0, 0.1) is 5.92 Å². The number of rotatable bonds is 6. The molecule has 1 aliphatic rings. The molecule has 0 atom stereocenters. The van der Waals surface area contributed by atoms with E-state index < -0.39 is 0 Å². The number of nitrogens with one attached hydrogen (secondary N) is 1. The van der Waals surface area contributed by atoms with E-state index in [9.17, 15) is 0 Å². The fourth-order valence-electron chi connectivity index (χ4n) is 2.53. The standard InChI is InChI=1S/C13H24N4O/c1-11(2)9-17-7-4-12(5-8-17)14-6-3-13-15-10-16-18-13/h10-12,14H,3-9H2,1-2H3. The molecule has 102 valence electrons. The van der Waals surface area contributed by atoms with E-state index in [2.05, 4.69) is 34.2 Å². The average Bonchev–Trinajstić information content (AvgIpc) is 2.84. The molecule has 2 heterocycles. The molecular formula is C13H24N4O. The third-order valence-electron chi connectivity index (χ3n) is 3.39. The van der Waals surface area contributed by atoms with Crippen molar-refractivity contribution in [2.45, 2.75) is 39.2 Å². The van der Waals surface area contributed by atoms with Gasteiger partial charge in [0.1, 0.15) is 0 Å². The first-order chi connectivity index (χ1) is 8.74. The van der Waals surface area contributed by atoms with Crippen molar-refractivity contribution in [2.24, 2.45) is 5.92 Å². The molecule has 0 saturated carbocycles. The first-order valence-electron chi connectivity index (χ1n) is 6.95. The minimum atomic E-state index is 0.649. The Morgan fingerprint density at radius 1 is 1.44 bits per heavy atom. The van der Waals surface area contributed by atoms with E-state index in [1.807, 2.05) is 0 Å². The van der Waals surface area contributed by atoms with E-state index in [0.717, 1.165) is 24.8 Å². The molecule has 2 rings (SSSR count). The van der Waals surface area contributed by atoms with Gasteiger partial charge in [0.05, 0.1) is 0 Å². The van der Waals surface area contributed by atoms with E-state index in [4.69, 9.17) is 4.52 Å². The highest BCUT2D eigenvalue weighted by molar-refractivity contribution is 4.80. The van der Waals surface area contributed by atoms with Crippen molar-refractivity contribution < 1.29 is 4.52 Å². The van der Waals surface area contributed by atoms with Crippen molar-refractivity contribution in [3.8, 4) is 0 Å². The molecule has 5 nitrogen and oxygen atoms in total. The van der Waals surface area contributed by atoms with Crippen LogP contribution in [0.2, 0.25) is 0 Å². The summed E-state index contributed by atoms with van der Waals surface area (Å²) in [5.74, 6) is 1.49. The zero-order valence-electron chi connectivity index (χ0n) is 11.4. The van der Waals surface area contributed by atoms with E-state index >= 15 is 0 Å². The molecule has 1 fully saturated rings. The summed E-state index contributed by atoms with van der Waals surface area (Å²) in [7, 11) is 0. The summed E-state index contributed by atoms with van der Waals surface area (Å²) in [6.07, 6.45) is 4.78. The van der Waals surface area contributed by atoms with E-state index in [1.165, 1.54) is 38.8 Å². The number of hydrogen-bond donors (Lipinski definition) is 1. The van der Waals surface area contributed by atoms with Crippen molar-refractivity contribution in [2.75, 3.05) is 26.2 Å². The summed E-state index contributed by atoms with van der Waals surface area (Å²) in [6.45, 7) is 9.17. The summed E-state index contributed by atoms with van der Waals surface area (Å²) < 4.78 is 4.97. The number of hydrogen-bond acceptors (Lipinski definition) is 5. The van der Waals surface area contributed by atoms with Gasteiger partial charge in [-0.1, -0.05) is 19.0 Å². The van der Waals surface area contributed by atoms with Crippen molar-refractivity contribution in [1.82, 2.24) is 20.4 Å². The monoisotopic (exact) mass is 252 g/mol. The molecule has 1 aromatic heterocycles. The number of aromatic nitrogens is 2. The molecular weight excluding hydrogens is 228 g/mol. The summed E-state index contributed by atoms with van der Waals surface area (Å²) in [4.78, 5) is 6.59. The van der Waals surface area contributed by atoms with Gasteiger partial charge in [0, 0.05) is 25.6 Å². The predicted molar refractivity (Wildman–Crippen MR) is 70.3 cm³/mol. The zero-order chi connectivity index (χ0) is 12.8. The van der Waals surface area contributed by atoms with Crippen LogP contribution in [0.25, 0.3) is 0 Å². The van der Waals surface area contributed by atoms with Gasteiger partial charge in [-0.3, -0.25) is 0 Å². The summed E-state index contributed by atoms with van der Waals surface area (Å²) in [6, 6.07) is 0.649. The average molecular weight is 252 g/mol. The van der Waals surface area contributed by atoms with Crippen molar-refractivity contribution in [1.29, 1.82) is 0 Å². The Labute approximate surface area is 109 Å². The van der Waals surface area contributed by atoms with E-state index in [0.29, 0.717) is 6.04 Å². The van der Waals surface area contributed by atoms with Crippen molar-refractivity contribution >= 4 is 0 Å². The van der Waals surface area contributed by atoms with Crippen LogP contribution >= 0.6 is 0 Å². The van der Waals surface area contributed by atoms with Gasteiger partial charge in [0.2, 0.25) is 5.89 Å². The van der Waals surface area contributed by atoms with Crippen LogP contribution in [0.3, 0.4) is 0 Å². The predicted octanol–water partition coefficient (Wildman–Crippen LogP) is 1.32. The fraction of sp³-hybridized carbons (Fsp3) is 0.846. The van der Waals surface area contributed by atoms with Gasteiger partial charge in [-0.15, -0.1) is 0 Å². The highest BCUT2D eigenvalue weighted by Crippen LogP contribution is 2.12. The summed E-state index contributed by atoms with van der Waals surface area (Å²) in [5, 5.41) is 7.18. The molecule has 18 heavy (non-hydrogen) atoms. The first-order valence-corrected chi connectivity index (χ1v) is 6.95. The van der Waals surface area contributed by atoms with Gasteiger partial charge in [0.15, 0.2) is 6.33 Å². The lowest BCUT2D eigenvalue weighted by Crippen LogP contribution is -2.44. The smallest absolute Gasteiger partial charge is 0.227 e. The summed E-state index contributed by atoms with van der Waals surface area (Å²) in [5.41, 5.74) is 0. The second-order valence-corrected chi connectivity index (χ2v) is 5.51. The molecule has 0 radical (unpaired) electrons. The van der Waals surface area contributed by atoms with Crippen molar-refractivity contribution in [3.63, 3.8) is 0 Å². The molecule has 1 N–H and O–H groups in total. The number of likely N-dealkylation sites (tertiary alicyclic amines) is 1. The Balaban J connectivity index is 1.59. The molecule has 1 aromatic rings. The Morgan fingerprint density at radius 2 is 2.22 bits per heavy atom. The lowest BCUT2D eigenvalue weighted by atomic mass is 10.0. The first kappa shape index (κ1) is 13.5. The Morgan fingerprint density at radius 3 is 2.83 bits per heavy atom. The zero-order valence-corrected chi connectivity index (χ0v) is 11.4. The van der Waals surface area contributed by atoms with Gasteiger partial charge < -0.3 is 14.7 Å². The Bertz CT molecular complexity index is 318. The topological polar surface area (TPSA) is 54.2 Å². The molecule has 0 unspecified atom stereocenters. The van der Waals surface area contributed by atoms with Crippen LogP contribution < -0.4 is 5.32 Å². The molecule has 0 amide bonds. The van der Waals surface area contributed by atoms with Crippen LogP contribution in [-0.4, -0.2) is 47.3 Å². The maximum atomic E-state index is 4.97. The lowest BCUT2D eigenvalue weighted by molar-refractivity contribution is 0.180. The van der Waals surface area contributed by atoms with Crippen LogP contribution in [0.15, 0.2) is 10.9 Å². The van der Waals surface area contributed by atoms with Crippen LogP contribution in [0.4, 0.5) is 0 Å². The van der Waals surface area contributed by atoms with Crippen LogP contribution in [-0.2, 0) is 6.42 Å². The maximum absolute atomic E-state index is 4.97. The minimum absolute atomic E-state index is 0.649. The highest BCUT2D eigenvalue weighted by atomic mass is 16.5. The van der Waals surface area contributed by atoms with Crippen molar-refractivity contribution in [3.05, 3.63) is 12.2 Å². The molecule has 0 bridgehead atoms. The van der Waals surface area contributed by atoms with Crippen LogP contribution in [0.1, 0.15) is 32.6 Å². The maximum Gasteiger partial charge on any atom is 0.227 e. The van der Waals surface area contributed by atoms with Crippen LogP contribution in [0.5, 0.6) is 0 Å². The van der Waals surface area contributed by atoms with Gasteiger partial charge in [-0.05, 0) is 31.8 Å². The second-order valence-electron chi connectivity index (χ2n) is 5.51. The third-order valence-corrected chi connectivity index (χ3v) is 3.39. The second kappa shape index (κ2) is 6.85. The summed E-state index contributed by atoms with van der Waals surface area (Å²) >= 11 is 0. The quantitative estimate of drug-likeness (QED) is 0.827. The number of nitrogens with zero attached hydrogens (tertiary/aromatic N) is 3. The molecule has 1 saturated heterocycles. The Kier molecular flexibility index (Phi) is 5.13. The van der Waals surface area contributed by atoms with Gasteiger partial charge in [0.25, 0.3) is 0 Å². The largest absolute Gasteiger partial charge is 0.340 e. The highest BCUT2D eigenvalue weighted by Gasteiger charge is 2.18. The number of piperidine rings is 1. The third kappa shape index (κ3) is 4.38. The molecule has 0 aliphatic carbocycles. The van der Waals surface area contributed by atoms with Gasteiger partial charge in [-0.25, -0.2) is 0 Å². The normalized spacial score (nSPS) is 18.6. The molecule has 0 spiro atoms. The fourth-order valence-corrected chi connectivity index (χ4v) is 2.53. The lowest BCUT2D eigenvalue weighted by Gasteiger charge is -2.33.